The van der Waals surface area contributed by atoms with E-state index in [1.54, 1.807) is 24.3 Å². The number of benzene rings is 1. The van der Waals surface area contributed by atoms with Crippen molar-refractivity contribution >= 4 is 23.4 Å². The van der Waals surface area contributed by atoms with Gasteiger partial charge in [0.15, 0.2) is 0 Å². The van der Waals surface area contributed by atoms with Gasteiger partial charge in [0.05, 0.1) is 6.54 Å². The minimum Gasteiger partial charge on any atom is -0.342 e. The number of nitrogens with zero attached hydrogens (tertiary/aromatic N) is 3. The molecule has 1 aromatic carbocycles. The maximum absolute atomic E-state index is 12.9. The van der Waals surface area contributed by atoms with Gasteiger partial charge in [0.2, 0.25) is 11.8 Å². The van der Waals surface area contributed by atoms with Gasteiger partial charge in [0.1, 0.15) is 0 Å². The van der Waals surface area contributed by atoms with Crippen LogP contribution in [-0.2, 0) is 9.59 Å². The molecule has 7 nitrogen and oxygen atoms in total. The Morgan fingerprint density at radius 3 is 2.31 bits per heavy atom. The molecule has 0 unspecified atom stereocenters. The Bertz CT molecular complexity index is 726. The number of likely N-dealkylation sites (N-methyl/N-ethyl adjacent to an activating group) is 1. The van der Waals surface area contributed by atoms with Crippen LogP contribution in [0.1, 0.15) is 43.5 Å². The van der Waals surface area contributed by atoms with Gasteiger partial charge in [0.25, 0.3) is 5.91 Å². The Morgan fingerprint density at radius 2 is 1.69 bits per heavy atom. The maximum atomic E-state index is 12.9. The topological polar surface area (TPSA) is 73.0 Å². The van der Waals surface area contributed by atoms with E-state index in [4.69, 9.17) is 0 Å². The smallest absolute Gasteiger partial charge is 0.253 e. The van der Waals surface area contributed by atoms with Crippen molar-refractivity contribution in [2.75, 3.05) is 51.1 Å². The highest BCUT2D eigenvalue weighted by molar-refractivity contribution is 5.96. The average Bonchev–Trinajstić information content (AvgIpc) is 3.57. The Labute approximate surface area is 173 Å². The Hall–Kier alpha value is -2.41. The highest BCUT2D eigenvalue weighted by Crippen LogP contribution is 2.30. The molecule has 3 rings (SSSR count). The van der Waals surface area contributed by atoms with Crippen molar-refractivity contribution in [2.24, 2.45) is 5.92 Å². The van der Waals surface area contributed by atoms with Crippen molar-refractivity contribution < 1.29 is 14.4 Å². The first-order chi connectivity index (χ1) is 14.0. The summed E-state index contributed by atoms with van der Waals surface area (Å²) in [6, 6.07) is 7.13. The molecule has 1 aromatic rings. The van der Waals surface area contributed by atoms with Crippen LogP contribution < -0.4 is 5.32 Å². The summed E-state index contributed by atoms with van der Waals surface area (Å²) in [7, 11) is 0. The number of carbonyl (C=O) groups excluding carboxylic acids is 3. The lowest BCUT2D eigenvalue weighted by molar-refractivity contribution is -0.132. The summed E-state index contributed by atoms with van der Waals surface area (Å²) in [6.07, 6.45) is 2.79. The Balaban J connectivity index is 1.52. The fourth-order valence-electron chi connectivity index (χ4n) is 3.67. The average molecular weight is 401 g/mol. The van der Waals surface area contributed by atoms with Crippen LogP contribution in [0.2, 0.25) is 0 Å². The predicted molar refractivity (Wildman–Crippen MR) is 113 cm³/mol. The standard InChI is InChI=1S/C22H32N4O3/c1-3-25(4-2)20(27)16-24-12-5-13-26(15-14-24)22(29)18-8-10-19(11-9-18)23-21(28)17-6-7-17/h8-11,17H,3-7,12-16H2,1-2H3,(H,23,28). The molecule has 158 valence electrons. The fourth-order valence-corrected chi connectivity index (χ4v) is 3.67. The van der Waals surface area contributed by atoms with Gasteiger partial charge in [-0.1, -0.05) is 0 Å². The second-order valence-electron chi connectivity index (χ2n) is 7.83. The molecule has 1 N–H and O–H groups in total. The molecule has 1 aliphatic heterocycles. The van der Waals surface area contributed by atoms with Gasteiger partial charge in [-0.15, -0.1) is 0 Å². The number of rotatable bonds is 7. The highest BCUT2D eigenvalue weighted by Gasteiger charge is 2.29. The van der Waals surface area contributed by atoms with Crippen LogP contribution in [0.5, 0.6) is 0 Å². The molecule has 3 amide bonds. The van der Waals surface area contributed by atoms with Crippen LogP contribution in [0.15, 0.2) is 24.3 Å². The Kier molecular flexibility index (Phi) is 7.25. The number of hydrogen-bond donors (Lipinski definition) is 1. The van der Waals surface area contributed by atoms with Crippen molar-refractivity contribution in [1.29, 1.82) is 0 Å². The third kappa shape index (κ3) is 5.79. The molecule has 0 atom stereocenters. The molecule has 7 heteroatoms. The van der Waals surface area contributed by atoms with Crippen LogP contribution in [0, 0.1) is 5.92 Å². The summed E-state index contributed by atoms with van der Waals surface area (Å²) < 4.78 is 0. The van der Waals surface area contributed by atoms with Crippen molar-refractivity contribution in [3.8, 4) is 0 Å². The van der Waals surface area contributed by atoms with Crippen LogP contribution in [0.3, 0.4) is 0 Å². The lowest BCUT2D eigenvalue weighted by Crippen LogP contribution is -2.42. The lowest BCUT2D eigenvalue weighted by atomic mass is 10.1. The molecule has 1 aliphatic carbocycles. The third-order valence-corrected chi connectivity index (χ3v) is 5.70. The van der Waals surface area contributed by atoms with E-state index in [1.165, 1.54) is 0 Å². The largest absolute Gasteiger partial charge is 0.342 e. The van der Waals surface area contributed by atoms with Gasteiger partial charge < -0.3 is 15.1 Å². The third-order valence-electron chi connectivity index (χ3n) is 5.70. The number of anilines is 1. The molecule has 1 saturated heterocycles. The van der Waals surface area contributed by atoms with Crippen LogP contribution in [-0.4, -0.2) is 78.2 Å². The summed E-state index contributed by atoms with van der Waals surface area (Å²) in [6.45, 7) is 8.69. The lowest BCUT2D eigenvalue weighted by Gasteiger charge is -2.25. The molecule has 2 fully saturated rings. The molecule has 2 aliphatic rings. The van der Waals surface area contributed by atoms with Gasteiger partial charge in [-0.05, 0) is 57.4 Å². The first kappa shape index (κ1) is 21.3. The molecular weight excluding hydrogens is 368 g/mol. The number of carbonyl (C=O) groups is 3. The number of hydrogen-bond acceptors (Lipinski definition) is 4. The summed E-state index contributed by atoms with van der Waals surface area (Å²) in [5, 5.41) is 2.90. The SMILES string of the molecule is CCN(CC)C(=O)CN1CCCN(C(=O)c2ccc(NC(=O)C3CC3)cc2)CC1. The van der Waals surface area contributed by atoms with Gasteiger partial charge in [-0.3, -0.25) is 19.3 Å². The summed E-state index contributed by atoms with van der Waals surface area (Å²) in [4.78, 5) is 42.9. The molecule has 1 saturated carbocycles. The fraction of sp³-hybridized carbons (Fsp3) is 0.591. The van der Waals surface area contributed by atoms with E-state index in [-0.39, 0.29) is 23.6 Å². The second-order valence-corrected chi connectivity index (χ2v) is 7.83. The molecule has 0 spiro atoms. The van der Waals surface area contributed by atoms with E-state index in [9.17, 15) is 14.4 Å². The quantitative estimate of drug-likeness (QED) is 0.760. The minimum absolute atomic E-state index is 0.00184. The van der Waals surface area contributed by atoms with E-state index in [1.807, 2.05) is 23.6 Å². The van der Waals surface area contributed by atoms with E-state index >= 15 is 0 Å². The molecule has 0 radical (unpaired) electrons. The molecule has 0 aromatic heterocycles. The van der Waals surface area contributed by atoms with Crippen LogP contribution in [0.4, 0.5) is 5.69 Å². The zero-order valence-corrected chi connectivity index (χ0v) is 17.5. The zero-order valence-electron chi connectivity index (χ0n) is 17.5. The second kappa shape index (κ2) is 9.87. The van der Waals surface area contributed by atoms with Crippen molar-refractivity contribution in [1.82, 2.24) is 14.7 Å². The van der Waals surface area contributed by atoms with E-state index < -0.39 is 0 Å². The normalized spacial score (nSPS) is 17.5. The molecule has 0 bridgehead atoms. The van der Waals surface area contributed by atoms with Crippen LogP contribution >= 0.6 is 0 Å². The molecule has 29 heavy (non-hydrogen) atoms. The number of amides is 3. The highest BCUT2D eigenvalue weighted by atomic mass is 16.2. The molecule has 1 heterocycles. The van der Waals surface area contributed by atoms with Crippen molar-refractivity contribution in [3.63, 3.8) is 0 Å². The maximum Gasteiger partial charge on any atom is 0.253 e. The van der Waals surface area contributed by atoms with Gasteiger partial charge >= 0.3 is 0 Å². The van der Waals surface area contributed by atoms with Gasteiger partial charge in [0, 0.05) is 56.4 Å². The summed E-state index contributed by atoms with van der Waals surface area (Å²) >= 11 is 0. The predicted octanol–water partition coefficient (Wildman–Crippen LogP) is 2.05. The van der Waals surface area contributed by atoms with E-state index in [0.29, 0.717) is 31.7 Å². The van der Waals surface area contributed by atoms with Gasteiger partial charge in [-0.2, -0.15) is 0 Å². The van der Waals surface area contributed by atoms with E-state index in [0.717, 1.165) is 44.6 Å². The van der Waals surface area contributed by atoms with E-state index in [2.05, 4.69) is 10.2 Å². The van der Waals surface area contributed by atoms with Crippen molar-refractivity contribution in [3.05, 3.63) is 29.8 Å². The minimum atomic E-state index is 0.00184. The van der Waals surface area contributed by atoms with Crippen LogP contribution in [0.25, 0.3) is 0 Å². The summed E-state index contributed by atoms with van der Waals surface area (Å²) in [5.41, 5.74) is 1.36. The number of nitrogens with one attached hydrogen (secondary N) is 1. The first-order valence-corrected chi connectivity index (χ1v) is 10.7. The zero-order chi connectivity index (χ0) is 20.8. The monoisotopic (exact) mass is 400 g/mol. The molecular formula is C22H32N4O3. The summed E-state index contributed by atoms with van der Waals surface area (Å²) in [5.74, 6) is 0.376. The first-order valence-electron chi connectivity index (χ1n) is 10.7. The Morgan fingerprint density at radius 1 is 1.00 bits per heavy atom. The van der Waals surface area contributed by atoms with Crippen molar-refractivity contribution in [2.45, 2.75) is 33.1 Å². The van der Waals surface area contributed by atoms with Gasteiger partial charge in [-0.25, -0.2) is 0 Å².